The van der Waals surface area contributed by atoms with Crippen LogP contribution >= 0.6 is 15.9 Å². The number of nitrogens with two attached hydrogens (primary N) is 1. The van der Waals surface area contributed by atoms with Crippen LogP contribution in [0.15, 0.2) is 34.8 Å². The maximum absolute atomic E-state index is 12.2. The van der Waals surface area contributed by atoms with E-state index in [-0.39, 0.29) is 11.7 Å². The van der Waals surface area contributed by atoms with E-state index in [1.54, 1.807) is 37.3 Å². The second-order valence-corrected chi connectivity index (χ2v) is 5.45. The van der Waals surface area contributed by atoms with Crippen LogP contribution in [0, 0.1) is 13.8 Å². The van der Waals surface area contributed by atoms with Gasteiger partial charge in [-0.1, -0.05) is 6.07 Å². The summed E-state index contributed by atoms with van der Waals surface area (Å²) in [6.07, 6.45) is 0. The minimum Gasteiger partial charge on any atom is -0.507 e. The van der Waals surface area contributed by atoms with Gasteiger partial charge in [0.05, 0.1) is 0 Å². The summed E-state index contributed by atoms with van der Waals surface area (Å²) in [6, 6.07) is 8.53. The number of rotatable bonds is 2. The summed E-state index contributed by atoms with van der Waals surface area (Å²) >= 11 is 3.28. The van der Waals surface area contributed by atoms with Crippen molar-refractivity contribution in [3.63, 3.8) is 0 Å². The van der Waals surface area contributed by atoms with Gasteiger partial charge in [-0.05, 0) is 59.6 Å². The number of phenols is 1. The van der Waals surface area contributed by atoms with Gasteiger partial charge in [0.25, 0.3) is 5.91 Å². The number of carbonyl (C=O) groups excluding carboxylic acids is 1. The molecule has 0 heterocycles. The van der Waals surface area contributed by atoms with E-state index in [1.165, 1.54) is 0 Å². The van der Waals surface area contributed by atoms with E-state index in [0.29, 0.717) is 22.5 Å². The van der Waals surface area contributed by atoms with Gasteiger partial charge in [0.15, 0.2) is 0 Å². The quantitative estimate of drug-likeness (QED) is 0.734. The first-order valence-electron chi connectivity index (χ1n) is 6.05. The van der Waals surface area contributed by atoms with Crippen LogP contribution in [0.5, 0.6) is 5.75 Å². The SMILES string of the molecule is Cc1ccc(NC(=O)c2ccc(Br)c(N)c2)c(C)c1O. The van der Waals surface area contributed by atoms with Gasteiger partial charge in [0.2, 0.25) is 0 Å². The van der Waals surface area contributed by atoms with E-state index >= 15 is 0 Å². The number of benzene rings is 2. The minimum atomic E-state index is -0.268. The van der Waals surface area contributed by atoms with E-state index in [9.17, 15) is 9.90 Å². The highest BCUT2D eigenvalue weighted by atomic mass is 79.9. The number of amides is 1. The summed E-state index contributed by atoms with van der Waals surface area (Å²) in [4.78, 5) is 12.2. The maximum atomic E-state index is 12.2. The van der Waals surface area contributed by atoms with Crippen LogP contribution in [-0.4, -0.2) is 11.0 Å². The van der Waals surface area contributed by atoms with Gasteiger partial charge in [-0.2, -0.15) is 0 Å². The molecule has 4 N–H and O–H groups in total. The molecule has 0 spiro atoms. The third-order valence-corrected chi connectivity index (χ3v) is 3.86. The molecule has 5 heteroatoms. The van der Waals surface area contributed by atoms with Crippen molar-refractivity contribution in [2.24, 2.45) is 0 Å². The number of aryl methyl sites for hydroxylation is 1. The lowest BCUT2D eigenvalue weighted by atomic mass is 10.1. The summed E-state index contributed by atoms with van der Waals surface area (Å²) in [6.45, 7) is 3.57. The largest absolute Gasteiger partial charge is 0.507 e. The molecule has 0 aliphatic heterocycles. The van der Waals surface area contributed by atoms with E-state index in [0.717, 1.165) is 10.0 Å². The van der Waals surface area contributed by atoms with Crippen molar-refractivity contribution in [2.75, 3.05) is 11.1 Å². The average molecular weight is 335 g/mol. The van der Waals surface area contributed by atoms with Crippen molar-refractivity contribution in [1.82, 2.24) is 0 Å². The predicted molar refractivity (Wildman–Crippen MR) is 84.1 cm³/mol. The number of hydrogen-bond donors (Lipinski definition) is 3. The van der Waals surface area contributed by atoms with Crippen LogP contribution in [0.25, 0.3) is 0 Å². The summed E-state index contributed by atoms with van der Waals surface area (Å²) in [5.74, 6) is -0.0753. The molecule has 4 nitrogen and oxygen atoms in total. The first-order valence-corrected chi connectivity index (χ1v) is 6.85. The van der Waals surface area contributed by atoms with Crippen LogP contribution < -0.4 is 11.1 Å². The smallest absolute Gasteiger partial charge is 0.255 e. The molecule has 1 amide bonds. The Hall–Kier alpha value is -2.01. The van der Waals surface area contributed by atoms with Gasteiger partial charge in [-0.3, -0.25) is 4.79 Å². The number of anilines is 2. The standard InChI is InChI=1S/C15H15BrN2O2/c1-8-3-6-13(9(2)14(8)19)18-15(20)10-4-5-11(16)12(17)7-10/h3-7,19H,17H2,1-2H3,(H,18,20). The van der Waals surface area contributed by atoms with Crippen molar-refractivity contribution in [3.05, 3.63) is 51.5 Å². The van der Waals surface area contributed by atoms with Gasteiger partial charge >= 0.3 is 0 Å². The molecule has 2 rings (SSSR count). The number of halogens is 1. The molecular formula is C15H15BrN2O2. The number of carbonyl (C=O) groups is 1. The number of aromatic hydroxyl groups is 1. The van der Waals surface area contributed by atoms with Crippen molar-refractivity contribution >= 4 is 33.2 Å². The van der Waals surface area contributed by atoms with E-state index in [2.05, 4.69) is 21.2 Å². The Morgan fingerprint density at radius 1 is 1.25 bits per heavy atom. The fourth-order valence-corrected chi connectivity index (χ4v) is 2.10. The van der Waals surface area contributed by atoms with E-state index in [1.807, 2.05) is 6.92 Å². The molecule has 0 aliphatic rings. The molecule has 0 saturated heterocycles. The molecule has 0 aromatic heterocycles. The Morgan fingerprint density at radius 2 is 1.95 bits per heavy atom. The summed E-state index contributed by atoms with van der Waals surface area (Å²) in [5, 5.41) is 12.6. The Kier molecular flexibility index (Phi) is 3.99. The molecule has 0 saturated carbocycles. The molecule has 0 unspecified atom stereocenters. The highest BCUT2D eigenvalue weighted by Gasteiger charge is 2.11. The lowest BCUT2D eigenvalue weighted by Crippen LogP contribution is -2.13. The number of hydrogen-bond acceptors (Lipinski definition) is 3. The van der Waals surface area contributed by atoms with Gasteiger partial charge in [0, 0.05) is 27.0 Å². The van der Waals surface area contributed by atoms with Gasteiger partial charge in [0.1, 0.15) is 5.75 Å². The second kappa shape index (κ2) is 5.54. The molecule has 104 valence electrons. The van der Waals surface area contributed by atoms with Gasteiger partial charge in [-0.25, -0.2) is 0 Å². The monoisotopic (exact) mass is 334 g/mol. The molecule has 0 radical (unpaired) electrons. The molecule has 0 bridgehead atoms. The molecule has 2 aromatic carbocycles. The van der Waals surface area contributed by atoms with Crippen molar-refractivity contribution in [3.8, 4) is 5.75 Å². The number of nitrogen functional groups attached to an aromatic ring is 1. The Morgan fingerprint density at radius 3 is 2.60 bits per heavy atom. The summed E-state index contributed by atoms with van der Waals surface area (Å²) in [5.41, 5.74) is 8.72. The molecule has 20 heavy (non-hydrogen) atoms. The zero-order valence-electron chi connectivity index (χ0n) is 11.2. The first kappa shape index (κ1) is 14.4. The third kappa shape index (κ3) is 2.77. The van der Waals surface area contributed by atoms with Crippen molar-refractivity contribution < 1.29 is 9.90 Å². The van der Waals surface area contributed by atoms with Gasteiger partial charge < -0.3 is 16.2 Å². The van der Waals surface area contributed by atoms with Crippen LogP contribution in [0.4, 0.5) is 11.4 Å². The number of nitrogens with one attached hydrogen (secondary N) is 1. The van der Waals surface area contributed by atoms with Crippen molar-refractivity contribution in [1.29, 1.82) is 0 Å². The lowest BCUT2D eigenvalue weighted by Gasteiger charge is -2.12. The second-order valence-electron chi connectivity index (χ2n) is 4.59. The normalized spacial score (nSPS) is 10.3. The first-order chi connectivity index (χ1) is 9.40. The third-order valence-electron chi connectivity index (χ3n) is 3.14. The molecular weight excluding hydrogens is 320 g/mol. The highest BCUT2D eigenvalue weighted by molar-refractivity contribution is 9.10. The Bertz CT molecular complexity index is 684. The lowest BCUT2D eigenvalue weighted by molar-refractivity contribution is 0.102. The molecule has 0 fully saturated rings. The van der Waals surface area contributed by atoms with Crippen LogP contribution in [0.2, 0.25) is 0 Å². The maximum Gasteiger partial charge on any atom is 0.255 e. The fraction of sp³-hybridized carbons (Fsp3) is 0.133. The van der Waals surface area contributed by atoms with Gasteiger partial charge in [-0.15, -0.1) is 0 Å². The zero-order chi connectivity index (χ0) is 14.9. The van der Waals surface area contributed by atoms with Crippen LogP contribution in [-0.2, 0) is 0 Å². The highest BCUT2D eigenvalue weighted by Crippen LogP contribution is 2.28. The van der Waals surface area contributed by atoms with E-state index in [4.69, 9.17) is 5.73 Å². The minimum absolute atomic E-state index is 0.193. The Balaban J connectivity index is 2.28. The topological polar surface area (TPSA) is 75.4 Å². The van der Waals surface area contributed by atoms with Crippen LogP contribution in [0.1, 0.15) is 21.5 Å². The fourth-order valence-electron chi connectivity index (χ4n) is 1.85. The zero-order valence-corrected chi connectivity index (χ0v) is 12.8. The summed E-state index contributed by atoms with van der Waals surface area (Å²) in [7, 11) is 0. The van der Waals surface area contributed by atoms with Crippen LogP contribution in [0.3, 0.4) is 0 Å². The predicted octanol–water partition coefficient (Wildman–Crippen LogP) is 3.61. The summed E-state index contributed by atoms with van der Waals surface area (Å²) < 4.78 is 0.748. The van der Waals surface area contributed by atoms with Crippen molar-refractivity contribution in [2.45, 2.75) is 13.8 Å². The molecule has 0 atom stereocenters. The van der Waals surface area contributed by atoms with E-state index < -0.39 is 0 Å². The molecule has 2 aromatic rings. The average Bonchev–Trinajstić information content (AvgIpc) is 2.42. The Labute approximate surface area is 125 Å². The molecule has 0 aliphatic carbocycles. The number of phenolic OH excluding ortho intramolecular Hbond substituents is 1.